The van der Waals surface area contributed by atoms with Crippen molar-refractivity contribution >= 4 is 5.78 Å². The van der Waals surface area contributed by atoms with E-state index in [0.717, 1.165) is 12.8 Å². The van der Waals surface area contributed by atoms with Crippen LogP contribution in [0.25, 0.3) is 0 Å². The van der Waals surface area contributed by atoms with E-state index < -0.39 is 10.8 Å². The van der Waals surface area contributed by atoms with Crippen LogP contribution in [0.5, 0.6) is 0 Å². The molecular weight excluding hydrogens is 316 g/mol. The average molecular weight is 349 g/mol. The highest BCUT2D eigenvalue weighted by Gasteiger charge is 2.76. The maximum Gasteiger partial charge on any atom is 0.147 e. The van der Waals surface area contributed by atoms with E-state index in [1.807, 2.05) is 24.3 Å². The van der Waals surface area contributed by atoms with E-state index >= 15 is 0 Å². The van der Waals surface area contributed by atoms with Gasteiger partial charge in [-0.3, -0.25) is 4.79 Å². The molecule has 26 heavy (non-hydrogen) atoms. The standard InChI is InChI=1S/C25H32O/c1-7-13-24-19(11-5)15-17(9-3)21(24)22-18(10-4)16-20(12-6)25(22,14-8-2)23(24)26/h7-12,17-22H,1-6,13-16H2/t17-,18-,19+,20+,21-,22-,24-,25-/m0/s1. The molecule has 3 rings (SSSR count). The van der Waals surface area contributed by atoms with E-state index in [0.29, 0.717) is 30.5 Å². The predicted molar refractivity (Wildman–Crippen MR) is 110 cm³/mol. The lowest BCUT2D eigenvalue weighted by Gasteiger charge is -2.37. The second-order valence-corrected chi connectivity index (χ2v) is 8.40. The molecule has 0 spiro atoms. The number of hydrogen-bond donors (Lipinski definition) is 0. The first-order chi connectivity index (χ1) is 12.5. The molecular formula is C25H32O. The number of rotatable bonds is 8. The van der Waals surface area contributed by atoms with Crippen LogP contribution in [0.2, 0.25) is 0 Å². The van der Waals surface area contributed by atoms with Gasteiger partial charge in [-0.2, -0.15) is 0 Å². The van der Waals surface area contributed by atoms with Gasteiger partial charge < -0.3 is 0 Å². The Morgan fingerprint density at radius 3 is 1.38 bits per heavy atom. The third kappa shape index (κ3) is 2.00. The van der Waals surface area contributed by atoms with Crippen molar-refractivity contribution in [3.05, 3.63) is 75.9 Å². The van der Waals surface area contributed by atoms with Gasteiger partial charge in [0, 0.05) is 10.8 Å². The fraction of sp³-hybridized carbons (Fsp3) is 0.480. The van der Waals surface area contributed by atoms with Gasteiger partial charge >= 0.3 is 0 Å². The zero-order valence-electron chi connectivity index (χ0n) is 15.9. The van der Waals surface area contributed by atoms with Crippen molar-refractivity contribution < 1.29 is 4.79 Å². The van der Waals surface area contributed by atoms with Gasteiger partial charge in [0.05, 0.1) is 0 Å². The van der Waals surface area contributed by atoms with Crippen molar-refractivity contribution in [1.82, 2.24) is 0 Å². The molecule has 0 N–H and O–H groups in total. The topological polar surface area (TPSA) is 17.1 Å². The average Bonchev–Trinajstić information content (AvgIpc) is 3.20. The van der Waals surface area contributed by atoms with Gasteiger partial charge in [-0.25, -0.2) is 0 Å². The van der Waals surface area contributed by atoms with Crippen LogP contribution in [-0.2, 0) is 4.79 Å². The summed E-state index contributed by atoms with van der Waals surface area (Å²) in [4.78, 5) is 14.3. The molecule has 138 valence electrons. The van der Waals surface area contributed by atoms with Crippen LogP contribution in [-0.4, -0.2) is 5.78 Å². The summed E-state index contributed by atoms with van der Waals surface area (Å²) >= 11 is 0. The molecule has 0 aromatic carbocycles. The quantitative estimate of drug-likeness (QED) is 0.496. The molecule has 0 bridgehead atoms. The molecule has 3 saturated carbocycles. The summed E-state index contributed by atoms with van der Waals surface area (Å²) in [6.45, 7) is 24.4. The summed E-state index contributed by atoms with van der Waals surface area (Å²) < 4.78 is 0. The van der Waals surface area contributed by atoms with Crippen LogP contribution < -0.4 is 0 Å². The fourth-order valence-electron chi connectivity index (χ4n) is 7.14. The van der Waals surface area contributed by atoms with Crippen molar-refractivity contribution in [2.75, 3.05) is 0 Å². The first-order valence-electron chi connectivity index (χ1n) is 9.80. The summed E-state index contributed by atoms with van der Waals surface area (Å²) in [5, 5.41) is 0. The van der Waals surface area contributed by atoms with Gasteiger partial charge in [0.1, 0.15) is 5.78 Å². The molecule has 0 aliphatic heterocycles. The third-order valence-corrected chi connectivity index (χ3v) is 7.86. The summed E-state index contributed by atoms with van der Waals surface area (Å²) in [5.41, 5.74) is -0.835. The van der Waals surface area contributed by atoms with E-state index in [9.17, 15) is 4.79 Å². The van der Waals surface area contributed by atoms with Crippen molar-refractivity contribution in [2.24, 2.45) is 46.3 Å². The minimum atomic E-state index is -0.418. The largest absolute Gasteiger partial charge is 0.298 e. The molecule has 0 radical (unpaired) electrons. The first-order valence-corrected chi connectivity index (χ1v) is 9.80. The number of fused-ring (bicyclic) bond motifs is 3. The lowest BCUT2D eigenvalue weighted by molar-refractivity contribution is -0.137. The third-order valence-electron chi connectivity index (χ3n) is 7.86. The highest BCUT2D eigenvalue weighted by atomic mass is 16.1. The molecule has 0 saturated heterocycles. The number of Topliss-reactive ketones (excluding diaryl/α,β-unsaturated/α-hetero) is 1. The Kier molecular flexibility index (Phi) is 4.86. The molecule has 0 aromatic heterocycles. The Bertz CT molecular complexity index is 614. The van der Waals surface area contributed by atoms with Gasteiger partial charge in [0.2, 0.25) is 0 Å². The van der Waals surface area contributed by atoms with Crippen LogP contribution >= 0.6 is 0 Å². The first kappa shape index (κ1) is 18.9. The van der Waals surface area contributed by atoms with E-state index in [1.165, 1.54) is 0 Å². The molecule has 0 heterocycles. The SMILES string of the molecule is C=CC[C@@]12C(=O)[C@]3(CC=C)[C@H]([C@@H]1[C@@H](C=C)C[C@H]2C=C)[C@@H](C=C)C[C@H]3C=C. The Hall–Kier alpha value is -1.89. The van der Waals surface area contributed by atoms with E-state index in [1.54, 1.807) is 0 Å². The van der Waals surface area contributed by atoms with Crippen molar-refractivity contribution in [3.63, 3.8) is 0 Å². The summed E-state index contributed by atoms with van der Waals surface area (Å²) in [6.07, 6.45) is 15.4. The van der Waals surface area contributed by atoms with Crippen LogP contribution in [0.3, 0.4) is 0 Å². The monoisotopic (exact) mass is 348 g/mol. The molecule has 8 atom stereocenters. The van der Waals surface area contributed by atoms with E-state index in [-0.39, 0.29) is 23.7 Å². The molecule has 1 heteroatoms. The number of carbonyl (C=O) groups excluding carboxylic acids is 1. The second kappa shape index (κ2) is 6.68. The molecule has 0 aromatic rings. The molecule has 3 fully saturated rings. The zero-order valence-corrected chi connectivity index (χ0v) is 15.9. The van der Waals surface area contributed by atoms with Crippen molar-refractivity contribution in [2.45, 2.75) is 25.7 Å². The van der Waals surface area contributed by atoms with Crippen LogP contribution in [0, 0.1) is 46.3 Å². The van der Waals surface area contributed by atoms with Crippen LogP contribution in [0.15, 0.2) is 75.9 Å². The Balaban J connectivity index is 2.30. The predicted octanol–water partition coefficient (Wildman–Crippen LogP) is 5.94. The van der Waals surface area contributed by atoms with Gasteiger partial charge in [-0.1, -0.05) is 36.5 Å². The van der Waals surface area contributed by atoms with Gasteiger partial charge in [0.15, 0.2) is 0 Å². The Morgan fingerprint density at radius 1 is 0.731 bits per heavy atom. The summed E-state index contributed by atoms with van der Waals surface area (Å²) in [6, 6.07) is 0. The Morgan fingerprint density at radius 2 is 1.12 bits per heavy atom. The highest BCUT2D eigenvalue weighted by molar-refractivity contribution is 5.96. The maximum atomic E-state index is 14.3. The summed E-state index contributed by atoms with van der Waals surface area (Å²) in [7, 11) is 0. The lowest BCUT2D eigenvalue weighted by atomic mass is 9.64. The van der Waals surface area contributed by atoms with Crippen LogP contribution in [0.1, 0.15) is 25.7 Å². The van der Waals surface area contributed by atoms with Gasteiger partial charge in [-0.05, 0) is 61.2 Å². The van der Waals surface area contributed by atoms with Gasteiger partial charge in [0.25, 0.3) is 0 Å². The molecule has 3 aliphatic rings. The molecule has 0 amide bonds. The fourth-order valence-corrected chi connectivity index (χ4v) is 7.14. The van der Waals surface area contributed by atoms with Crippen LogP contribution in [0.4, 0.5) is 0 Å². The normalized spacial score (nSPS) is 46.2. The lowest BCUT2D eigenvalue weighted by Crippen LogP contribution is -2.42. The number of hydrogen-bond acceptors (Lipinski definition) is 1. The smallest absolute Gasteiger partial charge is 0.147 e. The number of allylic oxidation sites excluding steroid dienone is 6. The van der Waals surface area contributed by atoms with Crippen molar-refractivity contribution in [3.8, 4) is 0 Å². The van der Waals surface area contributed by atoms with E-state index in [4.69, 9.17) is 0 Å². The zero-order chi connectivity index (χ0) is 19.1. The number of ketones is 1. The minimum Gasteiger partial charge on any atom is -0.298 e. The van der Waals surface area contributed by atoms with Crippen molar-refractivity contribution in [1.29, 1.82) is 0 Å². The highest BCUT2D eigenvalue weighted by Crippen LogP contribution is 2.75. The van der Waals surface area contributed by atoms with Gasteiger partial charge in [-0.15, -0.1) is 39.5 Å². The molecule has 1 nitrogen and oxygen atoms in total. The minimum absolute atomic E-state index is 0.171. The van der Waals surface area contributed by atoms with E-state index in [2.05, 4.69) is 51.6 Å². The summed E-state index contributed by atoms with van der Waals surface area (Å²) in [5.74, 6) is 1.91. The number of carbonyl (C=O) groups is 1. The Labute approximate surface area is 159 Å². The second-order valence-electron chi connectivity index (χ2n) is 8.40. The maximum absolute atomic E-state index is 14.3. The molecule has 0 unspecified atom stereocenters. The molecule has 3 aliphatic carbocycles.